The van der Waals surface area contributed by atoms with E-state index in [-0.39, 0.29) is 0 Å². The van der Waals surface area contributed by atoms with Gasteiger partial charge in [-0.15, -0.1) is 0 Å². The van der Waals surface area contributed by atoms with E-state index in [1.54, 1.807) is 0 Å². The number of alkyl halides is 3. The number of H-pyrrole nitrogens is 1. The van der Waals surface area contributed by atoms with Gasteiger partial charge in [-0.1, -0.05) is 0 Å². The third-order valence-corrected chi connectivity index (χ3v) is 5.29. The van der Waals surface area contributed by atoms with Crippen LogP contribution in [0.4, 0.5) is 18.9 Å². The summed E-state index contributed by atoms with van der Waals surface area (Å²) in [5, 5.41) is 7.12. The van der Waals surface area contributed by atoms with Gasteiger partial charge in [0.15, 0.2) is 5.82 Å². The predicted molar refractivity (Wildman–Crippen MR) is 114 cm³/mol. The van der Waals surface area contributed by atoms with E-state index in [1.807, 2.05) is 30.9 Å². The van der Waals surface area contributed by atoms with E-state index < -0.39 is 12.1 Å². The molecule has 0 radical (unpaired) electrons. The Morgan fingerprint density at radius 3 is 2.48 bits per heavy atom. The van der Waals surface area contributed by atoms with Crippen molar-refractivity contribution in [1.82, 2.24) is 19.9 Å². The van der Waals surface area contributed by atoms with Gasteiger partial charge in [-0.2, -0.15) is 13.2 Å². The van der Waals surface area contributed by atoms with Crippen molar-refractivity contribution in [3.63, 3.8) is 0 Å². The number of hydrogen-bond donors (Lipinski definition) is 2. The monoisotopic (exact) mass is 461 g/mol. The molecule has 5 rings (SSSR count). The third-order valence-electron chi connectivity index (χ3n) is 5.29. The summed E-state index contributed by atoms with van der Waals surface area (Å²) in [5.74, 6) is -1.26. The number of rotatable bonds is 4. The van der Waals surface area contributed by atoms with Gasteiger partial charge < -0.3 is 19.7 Å². The number of aromatic amines is 1. The van der Waals surface area contributed by atoms with Crippen molar-refractivity contribution < 1.29 is 27.8 Å². The van der Waals surface area contributed by atoms with Crippen molar-refractivity contribution in [3.05, 3.63) is 48.7 Å². The lowest BCUT2D eigenvalue weighted by atomic mass is 10.1. The zero-order valence-corrected chi connectivity index (χ0v) is 17.5. The van der Waals surface area contributed by atoms with Gasteiger partial charge in [0.2, 0.25) is 0 Å². The van der Waals surface area contributed by atoms with Gasteiger partial charge in [0, 0.05) is 48.9 Å². The number of nitrogens with zero attached hydrogens (tertiary/aromatic N) is 4. The maximum Gasteiger partial charge on any atom is 0.490 e. The second-order valence-corrected chi connectivity index (χ2v) is 7.73. The van der Waals surface area contributed by atoms with Crippen LogP contribution < -0.4 is 4.90 Å². The quantitative estimate of drug-likeness (QED) is 0.608. The molecule has 3 aromatic rings. The van der Waals surface area contributed by atoms with Crippen LogP contribution >= 0.6 is 0 Å². The number of nitrogens with one attached hydrogen (secondary N) is 1. The van der Waals surface area contributed by atoms with Gasteiger partial charge in [0.1, 0.15) is 5.69 Å². The second kappa shape index (κ2) is 9.57. The number of halogens is 3. The molecule has 1 aliphatic heterocycles. The molecule has 3 aromatic heterocycles. The summed E-state index contributed by atoms with van der Waals surface area (Å²) < 4.78 is 37.2. The summed E-state index contributed by atoms with van der Waals surface area (Å²) in [7, 11) is 0. The smallest absolute Gasteiger partial charge is 0.475 e. The van der Waals surface area contributed by atoms with Crippen LogP contribution in [0.15, 0.2) is 43.0 Å². The average Bonchev–Trinajstić information content (AvgIpc) is 3.56. The molecule has 0 unspecified atom stereocenters. The summed E-state index contributed by atoms with van der Waals surface area (Å²) >= 11 is 0. The minimum atomic E-state index is -5.08. The summed E-state index contributed by atoms with van der Waals surface area (Å²) in [5.41, 5.74) is 5.42. The standard InChI is InChI=1S/C20H21N5O.C2HF3O2/c1-2-14(1)19-13-23-20(24-19)18-10-15(3-4-22-18)16-9-17(12-21-11-16)25-5-7-26-8-6-25;3-2(4,5)1(6)7/h3-4,9-14H,1-2,5-8H2,(H,23,24);(H,6,7). The van der Waals surface area contributed by atoms with Crippen LogP contribution in [-0.4, -0.2) is 63.5 Å². The fourth-order valence-corrected chi connectivity index (χ4v) is 3.39. The molecule has 33 heavy (non-hydrogen) atoms. The summed E-state index contributed by atoms with van der Waals surface area (Å²) in [6, 6.07) is 6.29. The molecule has 0 aromatic carbocycles. The molecule has 8 nitrogen and oxygen atoms in total. The Kier molecular flexibility index (Phi) is 6.59. The first-order valence-electron chi connectivity index (χ1n) is 10.4. The lowest BCUT2D eigenvalue weighted by Gasteiger charge is -2.28. The molecule has 4 heterocycles. The molecule has 0 atom stereocenters. The third kappa shape index (κ3) is 5.86. The molecule has 2 aliphatic rings. The predicted octanol–water partition coefficient (Wildman–Crippen LogP) is 3.88. The number of hydrogen-bond acceptors (Lipinski definition) is 6. The molecule has 174 valence electrons. The number of imidazole rings is 1. The Labute approximate surface area is 187 Å². The van der Waals surface area contributed by atoms with E-state index in [1.165, 1.54) is 18.5 Å². The lowest BCUT2D eigenvalue weighted by molar-refractivity contribution is -0.192. The van der Waals surface area contributed by atoms with Crippen LogP contribution in [0.5, 0.6) is 0 Å². The van der Waals surface area contributed by atoms with Crippen molar-refractivity contribution in [2.75, 3.05) is 31.2 Å². The molecule has 0 bridgehead atoms. The van der Waals surface area contributed by atoms with Crippen LogP contribution in [0.1, 0.15) is 24.5 Å². The zero-order valence-electron chi connectivity index (χ0n) is 17.5. The Bertz CT molecular complexity index is 1110. The number of carbonyl (C=O) groups is 1. The average molecular weight is 461 g/mol. The Hall–Kier alpha value is -3.47. The maximum atomic E-state index is 10.6. The molecule has 11 heteroatoms. The van der Waals surface area contributed by atoms with Gasteiger partial charge in [0.25, 0.3) is 0 Å². The number of aromatic nitrogens is 4. The van der Waals surface area contributed by atoms with Crippen LogP contribution in [0.2, 0.25) is 0 Å². The van der Waals surface area contributed by atoms with E-state index in [0.717, 1.165) is 54.6 Å². The summed E-state index contributed by atoms with van der Waals surface area (Å²) in [4.78, 5) is 28.1. The Balaban J connectivity index is 0.000000325. The molecular weight excluding hydrogens is 439 g/mol. The lowest BCUT2D eigenvalue weighted by Crippen LogP contribution is -2.36. The van der Waals surface area contributed by atoms with E-state index in [2.05, 4.69) is 37.0 Å². The van der Waals surface area contributed by atoms with Crippen LogP contribution in [0, 0.1) is 0 Å². The number of aliphatic carboxylic acids is 1. The number of carboxylic acids is 1. The number of carboxylic acid groups (broad SMARTS) is 1. The number of morpholine rings is 1. The fourth-order valence-electron chi connectivity index (χ4n) is 3.39. The summed E-state index contributed by atoms with van der Waals surface area (Å²) in [6.45, 7) is 3.35. The highest BCUT2D eigenvalue weighted by atomic mass is 19.4. The van der Waals surface area contributed by atoms with Crippen molar-refractivity contribution in [1.29, 1.82) is 0 Å². The van der Waals surface area contributed by atoms with Crippen LogP contribution in [0.3, 0.4) is 0 Å². The highest BCUT2D eigenvalue weighted by Gasteiger charge is 2.38. The van der Waals surface area contributed by atoms with E-state index in [0.29, 0.717) is 5.92 Å². The van der Waals surface area contributed by atoms with E-state index >= 15 is 0 Å². The maximum absolute atomic E-state index is 10.6. The van der Waals surface area contributed by atoms with Crippen LogP contribution in [-0.2, 0) is 9.53 Å². The first-order chi connectivity index (χ1) is 15.8. The van der Waals surface area contributed by atoms with Crippen molar-refractivity contribution >= 4 is 11.7 Å². The Morgan fingerprint density at radius 1 is 1.09 bits per heavy atom. The fraction of sp³-hybridized carbons (Fsp3) is 0.364. The minimum absolute atomic E-state index is 0.661. The van der Waals surface area contributed by atoms with E-state index in [9.17, 15) is 13.2 Å². The zero-order chi connectivity index (χ0) is 23.4. The normalized spacial score (nSPS) is 16.2. The first kappa shape index (κ1) is 22.7. The molecular formula is C22H22F3N5O3. The molecule has 1 saturated heterocycles. The topological polar surface area (TPSA) is 104 Å². The molecule has 1 saturated carbocycles. The van der Waals surface area contributed by atoms with Crippen LogP contribution in [0.25, 0.3) is 22.6 Å². The Morgan fingerprint density at radius 2 is 1.82 bits per heavy atom. The highest BCUT2D eigenvalue weighted by Crippen LogP contribution is 2.39. The molecule has 2 fully saturated rings. The van der Waals surface area contributed by atoms with Gasteiger partial charge >= 0.3 is 12.1 Å². The van der Waals surface area contributed by atoms with Crippen molar-refractivity contribution in [2.24, 2.45) is 0 Å². The first-order valence-corrected chi connectivity index (χ1v) is 10.4. The van der Waals surface area contributed by atoms with Gasteiger partial charge in [-0.05, 0) is 36.6 Å². The number of anilines is 1. The largest absolute Gasteiger partial charge is 0.490 e. The summed E-state index contributed by atoms with van der Waals surface area (Å²) in [6.07, 6.45) is 5.05. The highest BCUT2D eigenvalue weighted by molar-refractivity contribution is 5.73. The van der Waals surface area contributed by atoms with E-state index in [4.69, 9.17) is 14.6 Å². The number of pyridine rings is 2. The molecule has 0 spiro atoms. The molecule has 1 aliphatic carbocycles. The minimum Gasteiger partial charge on any atom is -0.475 e. The van der Waals surface area contributed by atoms with Gasteiger partial charge in [-0.3, -0.25) is 9.97 Å². The molecule has 0 amide bonds. The van der Waals surface area contributed by atoms with Gasteiger partial charge in [-0.25, -0.2) is 9.78 Å². The van der Waals surface area contributed by atoms with Gasteiger partial charge in [0.05, 0.1) is 25.1 Å². The second-order valence-electron chi connectivity index (χ2n) is 7.73. The molecule has 2 N–H and O–H groups in total. The van der Waals surface area contributed by atoms with Crippen molar-refractivity contribution in [3.8, 4) is 22.6 Å². The number of ether oxygens (including phenoxy) is 1. The SMILES string of the molecule is O=C(O)C(F)(F)F.c1cc(-c2cncc(N3CCOCC3)c2)cc(-c2ncc(C3CC3)[nH]2)n1. The van der Waals surface area contributed by atoms with Crippen molar-refractivity contribution in [2.45, 2.75) is 24.9 Å².